The van der Waals surface area contributed by atoms with Crippen LogP contribution in [0.15, 0.2) is 83.7 Å². The van der Waals surface area contributed by atoms with E-state index in [-0.39, 0.29) is 5.56 Å². The molecule has 0 aliphatic heterocycles. The summed E-state index contributed by atoms with van der Waals surface area (Å²) in [4.78, 5) is 13.3. The molecule has 3 aromatic carbocycles. The van der Waals surface area contributed by atoms with Crippen molar-refractivity contribution in [2.24, 2.45) is 0 Å². The van der Waals surface area contributed by atoms with Gasteiger partial charge in [-0.2, -0.15) is 0 Å². The molecule has 0 N–H and O–H groups in total. The van der Waals surface area contributed by atoms with Crippen molar-refractivity contribution in [3.8, 4) is 16.9 Å². The van der Waals surface area contributed by atoms with Gasteiger partial charge in [-0.05, 0) is 24.1 Å². The number of para-hydroxylation sites is 1. The van der Waals surface area contributed by atoms with Gasteiger partial charge in [0.25, 0.3) is 5.56 Å². The molecule has 0 spiro atoms. The van der Waals surface area contributed by atoms with Gasteiger partial charge < -0.3 is 9.30 Å². The van der Waals surface area contributed by atoms with E-state index in [4.69, 9.17) is 4.74 Å². The molecule has 1 aromatic heterocycles. The van der Waals surface area contributed by atoms with Crippen molar-refractivity contribution in [2.75, 3.05) is 7.11 Å². The standard InChI is InChI=1S/C24H21NO2/c1-17-12-14-18(15-13-17)16-25-21-11-7-6-10-20(21)22(23(27-2)24(25)26)19-8-4-3-5-9-19/h3-15H,16H2,1-2H3. The van der Waals surface area contributed by atoms with Crippen LogP contribution >= 0.6 is 0 Å². The zero-order valence-corrected chi connectivity index (χ0v) is 15.5. The van der Waals surface area contributed by atoms with Crippen molar-refractivity contribution in [2.45, 2.75) is 13.5 Å². The molecule has 27 heavy (non-hydrogen) atoms. The van der Waals surface area contributed by atoms with E-state index in [1.165, 1.54) is 5.56 Å². The van der Waals surface area contributed by atoms with E-state index in [0.717, 1.165) is 27.6 Å². The second-order valence-corrected chi connectivity index (χ2v) is 6.67. The average Bonchev–Trinajstić information content (AvgIpc) is 2.71. The van der Waals surface area contributed by atoms with Crippen molar-refractivity contribution in [3.63, 3.8) is 0 Å². The number of fused-ring (bicyclic) bond motifs is 1. The first-order chi connectivity index (χ1) is 13.2. The smallest absolute Gasteiger partial charge is 0.294 e. The molecule has 0 saturated heterocycles. The molecule has 0 amide bonds. The second-order valence-electron chi connectivity index (χ2n) is 6.67. The highest BCUT2D eigenvalue weighted by Crippen LogP contribution is 2.34. The van der Waals surface area contributed by atoms with Crippen LogP contribution < -0.4 is 10.3 Å². The fourth-order valence-corrected chi connectivity index (χ4v) is 3.50. The van der Waals surface area contributed by atoms with Gasteiger partial charge in [0.05, 0.1) is 19.2 Å². The zero-order valence-electron chi connectivity index (χ0n) is 15.5. The number of methoxy groups -OCH3 is 1. The van der Waals surface area contributed by atoms with E-state index in [0.29, 0.717) is 12.3 Å². The molecule has 0 radical (unpaired) electrons. The van der Waals surface area contributed by atoms with E-state index >= 15 is 0 Å². The van der Waals surface area contributed by atoms with Crippen LogP contribution in [0, 0.1) is 6.92 Å². The van der Waals surface area contributed by atoms with Crippen molar-refractivity contribution >= 4 is 10.9 Å². The van der Waals surface area contributed by atoms with Gasteiger partial charge in [0.1, 0.15) is 0 Å². The Morgan fingerprint density at radius 2 is 1.52 bits per heavy atom. The van der Waals surface area contributed by atoms with Gasteiger partial charge in [-0.1, -0.05) is 78.4 Å². The number of aromatic nitrogens is 1. The molecule has 0 fully saturated rings. The lowest BCUT2D eigenvalue weighted by molar-refractivity contribution is 0.407. The summed E-state index contributed by atoms with van der Waals surface area (Å²) in [5.74, 6) is 0.381. The Labute approximate surface area is 158 Å². The third kappa shape index (κ3) is 3.13. The molecule has 4 rings (SSSR count). The van der Waals surface area contributed by atoms with Crippen LogP contribution in [0.2, 0.25) is 0 Å². The average molecular weight is 355 g/mol. The van der Waals surface area contributed by atoms with Crippen LogP contribution in [-0.4, -0.2) is 11.7 Å². The number of nitrogens with zero attached hydrogens (tertiary/aromatic N) is 1. The molecule has 0 aliphatic carbocycles. The zero-order chi connectivity index (χ0) is 18.8. The van der Waals surface area contributed by atoms with Crippen molar-refractivity contribution in [3.05, 3.63) is 100 Å². The largest absolute Gasteiger partial charge is 0.491 e. The maximum Gasteiger partial charge on any atom is 0.294 e. The summed E-state index contributed by atoms with van der Waals surface area (Å²) in [6, 6.07) is 26.2. The monoisotopic (exact) mass is 355 g/mol. The summed E-state index contributed by atoms with van der Waals surface area (Å²) >= 11 is 0. The van der Waals surface area contributed by atoms with Crippen LogP contribution in [0.3, 0.4) is 0 Å². The van der Waals surface area contributed by atoms with E-state index in [2.05, 4.69) is 31.2 Å². The van der Waals surface area contributed by atoms with E-state index < -0.39 is 0 Å². The number of rotatable bonds is 4. The fraction of sp³-hybridized carbons (Fsp3) is 0.125. The highest BCUT2D eigenvalue weighted by Gasteiger charge is 2.18. The summed E-state index contributed by atoms with van der Waals surface area (Å²) in [5.41, 5.74) is 4.90. The van der Waals surface area contributed by atoms with Gasteiger partial charge in [-0.15, -0.1) is 0 Å². The van der Waals surface area contributed by atoms with Gasteiger partial charge in [-0.25, -0.2) is 0 Å². The molecule has 0 unspecified atom stereocenters. The Morgan fingerprint density at radius 1 is 0.852 bits per heavy atom. The first-order valence-corrected chi connectivity index (χ1v) is 8.99. The fourth-order valence-electron chi connectivity index (χ4n) is 3.50. The minimum Gasteiger partial charge on any atom is -0.491 e. The first kappa shape index (κ1) is 17.1. The maximum absolute atomic E-state index is 13.3. The molecule has 0 atom stereocenters. The Balaban J connectivity index is 2.00. The van der Waals surface area contributed by atoms with Crippen molar-refractivity contribution in [1.29, 1.82) is 0 Å². The highest BCUT2D eigenvalue weighted by atomic mass is 16.5. The van der Waals surface area contributed by atoms with Crippen LogP contribution in [-0.2, 0) is 6.54 Å². The van der Waals surface area contributed by atoms with E-state index in [1.807, 2.05) is 54.6 Å². The molecule has 3 nitrogen and oxygen atoms in total. The third-order valence-corrected chi connectivity index (χ3v) is 4.86. The molecule has 4 aromatic rings. The summed E-state index contributed by atoms with van der Waals surface area (Å²) in [6.07, 6.45) is 0. The minimum absolute atomic E-state index is 0.115. The number of hydrogen-bond donors (Lipinski definition) is 0. The summed E-state index contributed by atoms with van der Waals surface area (Å²) in [5, 5.41) is 1.01. The molecule has 3 heteroatoms. The number of ether oxygens (including phenoxy) is 1. The van der Waals surface area contributed by atoms with Crippen molar-refractivity contribution in [1.82, 2.24) is 4.57 Å². The molecular formula is C24H21NO2. The minimum atomic E-state index is -0.115. The summed E-state index contributed by atoms with van der Waals surface area (Å²) < 4.78 is 7.40. The van der Waals surface area contributed by atoms with Crippen LogP contribution in [0.4, 0.5) is 0 Å². The Morgan fingerprint density at radius 3 is 2.22 bits per heavy atom. The van der Waals surface area contributed by atoms with E-state index in [9.17, 15) is 4.79 Å². The molecule has 134 valence electrons. The SMILES string of the molecule is COc1c(-c2ccccc2)c2ccccc2n(Cc2ccc(C)cc2)c1=O. The van der Waals surface area contributed by atoms with Crippen LogP contribution in [0.1, 0.15) is 11.1 Å². The number of aryl methyl sites for hydroxylation is 1. The number of pyridine rings is 1. The Bertz CT molecular complexity index is 1140. The quantitative estimate of drug-likeness (QED) is 0.514. The van der Waals surface area contributed by atoms with Crippen LogP contribution in [0.25, 0.3) is 22.0 Å². The number of benzene rings is 3. The van der Waals surface area contributed by atoms with Crippen molar-refractivity contribution < 1.29 is 4.74 Å². The lowest BCUT2D eigenvalue weighted by Gasteiger charge is -2.17. The number of hydrogen-bond acceptors (Lipinski definition) is 2. The molecule has 0 bridgehead atoms. The van der Waals surface area contributed by atoms with Crippen LogP contribution in [0.5, 0.6) is 5.75 Å². The summed E-state index contributed by atoms with van der Waals surface area (Å²) in [7, 11) is 1.56. The lowest BCUT2D eigenvalue weighted by Crippen LogP contribution is -2.23. The highest BCUT2D eigenvalue weighted by molar-refractivity contribution is 5.97. The Kier molecular flexibility index (Phi) is 4.51. The first-order valence-electron chi connectivity index (χ1n) is 8.99. The summed E-state index contributed by atoms with van der Waals surface area (Å²) in [6.45, 7) is 2.56. The van der Waals surface area contributed by atoms with Gasteiger partial charge in [0.15, 0.2) is 5.75 Å². The third-order valence-electron chi connectivity index (χ3n) is 4.86. The van der Waals surface area contributed by atoms with Gasteiger partial charge in [0, 0.05) is 10.9 Å². The van der Waals surface area contributed by atoms with Gasteiger partial charge in [-0.3, -0.25) is 4.79 Å². The predicted molar refractivity (Wildman–Crippen MR) is 110 cm³/mol. The normalized spacial score (nSPS) is 10.9. The molecule has 1 heterocycles. The lowest BCUT2D eigenvalue weighted by atomic mass is 9.99. The molecular weight excluding hydrogens is 334 g/mol. The second kappa shape index (κ2) is 7.12. The molecule has 0 saturated carbocycles. The topological polar surface area (TPSA) is 31.2 Å². The van der Waals surface area contributed by atoms with Gasteiger partial charge >= 0.3 is 0 Å². The van der Waals surface area contributed by atoms with Gasteiger partial charge in [0.2, 0.25) is 0 Å². The van der Waals surface area contributed by atoms with E-state index in [1.54, 1.807) is 11.7 Å². The Hall–Kier alpha value is -3.33. The maximum atomic E-state index is 13.3. The molecule has 0 aliphatic rings. The predicted octanol–water partition coefficient (Wildman–Crippen LogP) is 5.03.